The lowest BCUT2D eigenvalue weighted by Crippen LogP contribution is -2.41. The first-order valence-electron chi connectivity index (χ1n) is 10.4. The molecule has 5 rings (SSSR count). The van der Waals surface area contributed by atoms with Crippen LogP contribution in [-0.4, -0.2) is 53.6 Å². The Balaban J connectivity index is 1.35. The Morgan fingerprint density at radius 1 is 1.19 bits per heavy atom. The van der Waals surface area contributed by atoms with Crippen LogP contribution >= 0.6 is 11.3 Å². The van der Waals surface area contributed by atoms with Crippen LogP contribution in [0.3, 0.4) is 0 Å². The van der Waals surface area contributed by atoms with Gasteiger partial charge >= 0.3 is 0 Å². The van der Waals surface area contributed by atoms with Crippen molar-refractivity contribution in [3.05, 3.63) is 59.6 Å². The Morgan fingerprint density at radius 2 is 2.03 bits per heavy atom. The molecule has 0 spiro atoms. The summed E-state index contributed by atoms with van der Waals surface area (Å²) in [4.78, 5) is 22.9. The van der Waals surface area contributed by atoms with E-state index >= 15 is 0 Å². The number of aryl methyl sites for hydroxylation is 1. The first kappa shape index (κ1) is 19.9. The summed E-state index contributed by atoms with van der Waals surface area (Å²) in [6.45, 7) is 5.43. The van der Waals surface area contributed by atoms with E-state index in [9.17, 15) is 4.79 Å². The highest BCUT2D eigenvalue weighted by atomic mass is 32.1. The number of amides is 1. The molecular weight excluding hydrogens is 408 g/mol. The van der Waals surface area contributed by atoms with E-state index in [-0.39, 0.29) is 5.91 Å². The summed E-state index contributed by atoms with van der Waals surface area (Å²) in [6.07, 6.45) is 0. The molecule has 0 bridgehead atoms. The van der Waals surface area contributed by atoms with E-state index in [1.807, 2.05) is 30.3 Å². The highest BCUT2D eigenvalue weighted by Gasteiger charge is 2.16. The van der Waals surface area contributed by atoms with Crippen molar-refractivity contribution in [2.75, 3.05) is 38.2 Å². The van der Waals surface area contributed by atoms with Gasteiger partial charge < -0.3 is 15.0 Å². The van der Waals surface area contributed by atoms with Gasteiger partial charge in [0, 0.05) is 51.9 Å². The highest BCUT2D eigenvalue weighted by Crippen LogP contribution is 2.35. The maximum atomic E-state index is 12.4. The number of nitrogens with one attached hydrogen (secondary N) is 2. The van der Waals surface area contributed by atoms with Crippen molar-refractivity contribution < 1.29 is 9.53 Å². The molecule has 7 heteroatoms. The van der Waals surface area contributed by atoms with Crippen molar-refractivity contribution in [1.29, 1.82) is 0 Å². The maximum absolute atomic E-state index is 12.4. The largest absolute Gasteiger partial charge is 0.379 e. The number of carbonyl (C=O) groups is 1. The fraction of sp³-hybridized carbons (Fsp3) is 0.250. The standard InChI is InChI=1S/C24H24N4O2S/c1-16-23(19-7-2-3-8-20(19)25-16)21-15-31-24(27-21)17-5-4-6-18(13-17)26-22(29)14-28-9-11-30-12-10-28/h2-8,13,15,25H,9-12,14H2,1H3,(H,26,29). The molecule has 1 aliphatic rings. The lowest BCUT2D eigenvalue weighted by atomic mass is 10.1. The molecule has 3 heterocycles. The normalized spacial score (nSPS) is 14.7. The van der Waals surface area contributed by atoms with Crippen LogP contribution in [0.25, 0.3) is 32.7 Å². The first-order valence-corrected chi connectivity index (χ1v) is 11.3. The Bertz CT molecular complexity index is 1220. The lowest BCUT2D eigenvalue weighted by Gasteiger charge is -2.25. The fourth-order valence-electron chi connectivity index (χ4n) is 4.02. The van der Waals surface area contributed by atoms with E-state index in [0.717, 1.165) is 51.8 Å². The van der Waals surface area contributed by atoms with Gasteiger partial charge in [0.2, 0.25) is 5.91 Å². The number of benzene rings is 2. The number of aromatic nitrogens is 2. The Kier molecular flexibility index (Phi) is 5.55. The number of fused-ring (bicyclic) bond motifs is 1. The van der Waals surface area contributed by atoms with Gasteiger partial charge in [0.15, 0.2) is 0 Å². The van der Waals surface area contributed by atoms with Gasteiger partial charge in [-0.3, -0.25) is 9.69 Å². The van der Waals surface area contributed by atoms with Crippen molar-refractivity contribution in [2.45, 2.75) is 6.92 Å². The second-order valence-electron chi connectivity index (χ2n) is 7.73. The number of hydrogen-bond acceptors (Lipinski definition) is 5. The number of H-pyrrole nitrogens is 1. The monoisotopic (exact) mass is 432 g/mol. The van der Waals surface area contributed by atoms with Crippen LogP contribution in [0, 0.1) is 6.92 Å². The van der Waals surface area contributed by atoms with Crippen LogP contribution in [-0.2, 0) is 9.53 Å². The molecule has 2 aromatic carbocycles. The summed E-state index contributed by atoms with van der Waals surface area (Å²) in [7, 11) is 0. The number of carbonyl (C=O) groups excluding carboxylic acids is 1. The number of morpholine rings is 1. The first-order chi connectivity index (χ1) is 15.2. The fourth-order valence-corrected chi connectivity index (χ4v) is 4.83. The molecule has 0 unspecified atom stereocenters. The molecule has 1 amide bonds. The molecule has 1 saturated heterocycles. The van der Waals surface area contributed by atoms with Gasteiger partial charge in [-0.1, -0.05) is 30.3 Å². The molecule has 158 valence electrons. The minimum absolute atomic E-state index is 0.00621. The van der Waals surface area contributed by atoms with E-state index in [2.05, 4.69) is 45.7 Å². The maximum Gasteiger partial charge on any atom is 0.238 e. The number of ether oxygens (including phenoxy) is 1. The van der Waals surface area contributed by atoms with Crippen molar-refractivity contribution in [2.24, 2.45) is 0 Å². The van der Waals surface area contributed by atoms with Crippen LogP contribution in [0.1, 0.15) is 5.69 Å². The van der Waals surface area contributed by atoms with E-state index in [1.54, 1.807) is 11.3 Å². The van der Waals surface area contributed by atoms with Crippen molar-refractivity contribution >= 4 is 33.8 Å². The number of para-hydroxylation sites is 1. The smallest absolute Gasteiger partial charge is 0.238 e. The van der Waals surface area contributed by atoms with Gasteiger partial charge in [0.25, 0.3) is 0 Å². The summed E-state index contributed by atoms with van der Waals surface area (Å²) in [5, 5.41) is 7.23. The van der Waals surface area contributed by atoms with Gasteiger partial charge in [0.05, 0.1) is 25.5 Å². The van der Waals surface area contributed by atoms with E-state index < -0.39 is 0 Å². The van der Waals surface area contributed by atoms with Gasteiger partial charge in [0.1, 0.15) is 5.01 Å². The minimum atomic E-state index is -0.00621. The summed E-state index contributed by atoms with van der Waals surface area (Å²) < 4.78 is 5.34. The molecule has 31 heavy (non-hydrogen) atoms. The number of rotatable bonds is 5. The summed E-state index contributed by atoms with van der Waals surface area (Å²) >= 11 is 1.61. The Morgan fingerprint density at radius 3 is 2.90 bits per heavy atom. The zero-order valence-corrected chi connectivity index (χ0v) is 18.2. The number of aromatic amines is 1. The third-order valence-corrected chi connectivity index (χ3v) is 6.41. The summed E-state index contributed by atoms with van der Waals surface area (Å²) in [5.74, 6) is -0.00621. The number of nitrogens with zero attached hydrogens (tertiary/aromatic N) is 2. The second-order valence-corrected chi connectivity index (χ2v) is 8.58. The number of hydrogen-bond donors (Lipinski definition) is 2. The number of anilines is 1. The van der Waals surface area contributed by atoms with E-state index in [0.29, 0.717) is 19.8 Å². The molecule has 0 saturated carbocycles. The molecule has 2 aromatic heterocycles. The van der Waals surface area contributed by atoms with Crippen LogP contribution in [0.5, 0.6) is 0 Å². The number of thiazole rings is 1. The molecule has 4 aromatic rings. The van der Waals surface area contributed by atoms with E-state index in [1.165, 1.54) is 5.39 Å². The van der Waals surface area contributed by atoms with Crippen molar-refractivity contribution in [3.63, 3.8) is 0 Å². The van der Waals surface area contributed by atoms with Gasteiger partial charge in [-0.25, -0.2) is 4.98 Å². The lowest BCUT2D eigenvalue weighted by molar-refractivity contribution is -0.118. The molecule has 1 aliphatic heterocycles. The van der Waals surface area contributed by atoms with E-state index in [4.69, 9.17) is 9.72 Å². The predicted octanol–water partition coefficient (Wildman–Crippen LogP) is 4.54. The average molecular weight is 433 g/mol. The molecule has 0 radical (unpaired) electrons. The second kappa shape index (κ2) is 8.63. The quantitative estimate of drug-likeness (QED) is 0.486. The highest BCUT2D eigenvalue weighted by molar-refractivity contribution is 7.13. The predicted molar refractivity (Wildman–Crippen MR) is 125 cm³/mol. The summed E-state index contributed by atoms with van der Waals surface area (Å²) in [6, 6.07) is 16.2. The molecule has 6 nitrogen and oxygen atoms in total. The topological polar surface area (TPSA) is 70.2 Å². The molecule has 0 aliphatic carbocycles. The van der Waals surface area contributed by atoms with Crippen LogP contribution < -0.4 is 5.32 Å². The Hall–Kier alpha value is -3.00. The SMILES string of the molecule is Cc1[nH]c2ccccc2c1-c1csc(-c2cccc(NC(=O)CN3CCOCC3)c2)n1. The molecule has 2 N–H and O–H groups in total. The zero-order chi connectivity index (χ0) is 21.2. The van der Waals surface area contributed by atoms with Gasteiger partial charge in [-0.05, 0) is 25.1 Å². The van der Waals surface area contributed by atoms with Gasteiger partial charge in [-0.15, -0.1) is 11.3 Å². The average Bonchev–Trinajstić information content (AvgIpc) is 3.38. The third-order valence-electron chi connectivity index (χ3n) is 5.52. The van der Waals surface area contributed by atoms with Crippen molar-refractivity contribution in [3.8, 4) is 21.8 Å². The van der Waals surface area contributed by atoms with Crippen LogP contribution in [0.4, 0.5) is 5.69 Å². The Labute approximate surface area is 184 Å². The molecule has 1 fully saturated rings. The minimum Gasteiger partial charge on any atom is -0.379 e. The molecular formula is C24H24N4O2S. The molecule has 0 atom stereocenters. The summed E-state index contributed by atoms with van der Waals surface area (Å²) in [5.41, 5.74) is 6.13. The zero-order valence-electron chi connectivity index (χ0n) is 17.4. The third kappa shape index (κ3) is 4.25. The van der Waals surface area contributed by atoms with Crippen molar-refractivity contribution in [1.82, 2.24) is 14.9 Å². The van der Waals surface area contributed by atoms with Crippen LogP contribution in [0.15, 0.2) is 53.9 Å². The van der Waals surface area contributed by atoms with Crippen LogP contribution in [0.2, 0.25) is 0 Å². The van der Waals surface area contributed by atoms with Gasteiger partial charge in [-0.2, -0.15) is 0 Å².